The third-order valence-corrected chi connectivity index (χ3v) is 4.22. The maximum Gasteiger partial charge on any atom is 0.423 e. The molecule has 18 heavy (non-hydrogen) atoms. The van der Waals surface area contributed by atoms with Crippen LogP contribution in [-0.4, -0.2) is 32.0 Å². The van der Waals surface area contributed by atoms with Crippen LogP contribution in [0.15, 0.2) is 29.2 Å². The molecule has 0 N–H and O–H groups in total. The summed E-state index contributed by atoms with van der Waals surface area (Å²) in [5, 5.41) is 0. The van der Waals surface area contributed by atoms with E-state index in [9.17, 15) is 13.2 Å². The minimum atomic E-state index is -3.83. The van der Waals surface area contributed by atoms with Crippen molar-refractivity contribution < 1.29 is 17.9 Å². The molecule has 0 spiro atoms. The van der Waals surface area contributed by atoms with Gasteiger partial charge in [0.15, 0.2) is 0 Å². The number of carbonyl (C=O) groups is 1. The summed E-state index contributed by atoms with van der Waals surface area (Å²) in [4.78, 5) is 11.7. The van der Waals surface area contributed by atoms with Gasteiger partial charge in [-0.3, -0.25) is 0 Å². The number of benzene rings is 1. The molecule has 0 bridgehead atoms. The number of carbonyl (C=O) groups excluding carboxylic acids is 1. The van der Waals surface area contributed by atoms with Gasteiger partial charge in [-0.25, -0.2) is 17.5 Å². The summed E-state index contributed by atoms with van der Waals surface area (Å²) in [7, 11) is -3.83. The molecule has 0 aromatic heterocycles. The van der Waals surface area contributed by atoms with Crippen LogP contribution in [-0.2, 0) is 14.8 Å². The molecule has 1 aromatic rings. The highest BCUT2D eigenvalue weighted by molar-refractivity contribution is 7.89. The van der Waals surface area contributed by atoms with E-state index in [0.29, 0.717) is 0 Å². The fourth-order valence-corrected chi connectivity index (χ4v) is 2.75. The summed E-state index contributed by atoms with van der Waals surface area (Å²) in [6.45, 7) is 5.25. The van der Waals surface area contributed by atoms with E-state index in [0.717, 1.165) is 9.87 Å². The van der Waals surface area contributed by atoms with Crippen LogP contribution < -0.4 is 0 Å². The zero-order chi connectivity index (χ0) is 13.8. The van der Waals surface area contributed by atoms with E-state index in [4.69, 9.17) is 4.74 Å². The number of nitrogens with zero attached hydrogens (tertiary/aromatic N) is 1. The lowest BCUT2D eigenvalue weighted by Crippen LogP contribution is -2.37. The summed E-state index contributed by atoms with van der Waals surface area (Å²) in [6.07, 6.45) is -0.847. The largest absolute Gasteiger partial charge is 0.449 e. The van der Waals surface area contributed by atoms with Gasteiger partial charge < -0.3 is 4.74 Å². The summed E-state index contributed by atoms with van der Waals surface area (Å²) < 4.78 is 29.9. The minimum absolute atomic E-state index is 0.0367. The molecule has 0 aliphatic heterocycles. The first-order valence-corrected chi connectivity index (χ1v) is 7.13. The lowest BCUT2D eigenvalue weighted by atomic mass is 10.2. The molecule has 0 aliphatic rings. The van der Waals surface area contributed by atoms with Crippen LogP contribution >= 0.6 is 0 Å². The van der Waals surface area contributed by atoms with Crippen molar-refractivity contribution in [3.05, 3.63) is 29.8 Å². The Labute approximate surface area is 107 Å². The molecule has 1 aromatic carbocycles. The van der Waals surface area contributed by atoms with Crippen molar-refractivity contribution in [2.24, 2.45) is 0 Å². The van der Waals surface area contributed by atoms with Crippen LogP contribution in [0.3, 0.4) is 0 Å². The molecule has 0 saturated heterocycles. The molecule has 0 unspecified atom stereocenters. The molecular formula is C12H17NO4S. The Morgan fingerprint density at radius 3 is 2.22 bits per heavy atom. The van der Waals surface area contributed by atoms with Gasteiger partial charge in [-0.1, -0.05) is 17.7 Å². The van der Waals surface area contributed by atoms with Gasteiger partial charge in [-0.15, -0.1) is 0 Å². The van der Waals surface area contributed by atoms with E-state index in [2.05, 4.69) is 0 Å². The number of hydrogen-bond donors (Lipinski definition) is 0. The van der Waals surface area contributed by atoms with Crippen LogP contribution in [0.5, 0.6) is 0 Å². The average Bonchev–Trinajstić information content (AvgIpc) is 2.30. The zero-order valence-electron chi connectivity index (χ0n) is 10.7. The van der Waals surface area contributed by atoms with Crippen LogP contribution in [0.2, 0.25) is 0 Å². The van der Waals surface area contributed by atoms with Gasteiger partial charge >= 0.3 is 6.09 Å². The Morgan fingerprint density at radius 1 is 1.22 bits per heavy atom. The summed E-state index contributed by atoms with van der Waals surface area (Å²) in [5.41, 5.74) is 0.952. The Morgan fingerprint density at radius 2 is 1.78 bits per heavy atom. The van der Waals surface area contributed by atoms with Gasteiger partial charge in [0, 0.05) is 6.54 Å². The van der Waals surface area contributed by atoms with Gasteiger partial charge in [0.25, 0.3) is 10.0 Å². The van der Waals surface area contributed by atoms with E-state index >= 15 is 0 Å². The highest BCUT2D eigenvalue weighted by Gasteiger charge is 2.28. The molecule has 6 heteroatoms. The number of hydrogen-bond acceptors (Lipinski definition) is 4. The maximum absolute atomic E-state index is 12.2. The third kappa shape index (κ3) is 3.01. The van der Waals surface area contributed by atoms with Crippen LogP contribution in [0.1, 0.15) is 19.4 Å². The molecule has 0 fully saturated rings. The summed E-state index contributed by atoms with van der Waals surface area (Å²) in [6, 6.07) is 6.33. The monoisotopic (exact) mass is 271 g/mol. The molecule has 0 heterocycles. The standard InChI is InChI=1S/C12H17NO4S/c1-4-13(12(14)17-5-2)18(15,16)11-8-6-10(3)7-9-11/h6-9H,4-5H2,1-3H3. The topological polar surface area (TPSA) is 63.7 Å². The SMILES string of the molecule is CCOC(=O)N(CC)S(=O)(=O)c1ccc(C)cc1. The first-order chi connectivity index (χ1) is 8.43. The molecule has 1 amide bonds. The normalized spacial score (nSPS) is 11.1. The number of aryl methyl sites for hydroxylation is 1. The van der Waals surface area contributed by atoms with Gasteiger partial charge in [0.05, 0.1) is 11.5 Å². The van der Waals surface area contributed by atoms with E-state index in [1.54, 1.807) is 26.0 Å². The predicted octanol–water partition coefficient (Wildman–Crippen LogP) is 2.16. The lowest BCUT2D eigenvalue weighted by molar-refractivity contribution is 0.132. The quantitative estimate of drug-likeness (QED) is 0.841. The first-order valence-electron chi connectivity index (χ1n) is 5.69. The van der Waals surface area contributed by atoms with Gasteiger partial charge in [-0.2, -0.15) is 0 Å². The second-order valence-electron chi connectivity index (χ2n) is 3.68. The summed E-state index contributed by atoms with van der Waals surface area (Å²) >= 11 is 0. The lowest BCUT2D eigenvalue weighted by Gasteiger charge is -2.19. The number of ether oxygens (including phenoxy) is 1. The van der Waals surface area contributed by atoms with Crippen molar-refractivity contribution in [1.29, 1.82) is 0 Å². The third-order valence-electron chi connectivity index (χ3n) is 2.37. The van der Waals surface area contributed by atoms with E-state index in [1.807, 2.05) is 6.92 Å². The smallest absolute Gasteiger partial charge is 0.423 e. The van der Waals surface area contributed by atoms with E-state index in [1.165, 1.54) is 12.1 Å². The number of rotatable bonds is 4. The van der Waals surface area contributed by atoms with Crippen molar-refractivity contribution >= 4 is 16.1 Å². The molecule has 5 nitrogen and oxygen atoms in total. The van der Waals surface area contributed by atoms with Crippen LogP contribution in [0.25, 0.3) is 0 Å². The van der Waals surface area contributed by atoms with Crippen molar-refractivity contribution in [1.82, 2.24) is 4.31 Å². The minimum Gasteiger partial charge on any atom is -0.449 e. The second kappa shape index (κ2) is 5.86. The molecular weight excluding hydrogens is 254 g/mol. The van der Waals surface area contributed by atoms with Gasteiger partial charge in [-0.05, 0) is 32.9 Å². The van der Waals surface area contributed by atoms with Crippen molar-refractivity contribution in [2.45, 2.75) is 25.7 Å². The first kappa shape index (κ1) is 14.5. The van der Waals surface area contributed by atoms with Crippen molar-refractivity contribution in [3.8, 4) is 0 Å². The predicted molar refractivity (Wildman–Crippen MR) is 67.8 cm³/mol. The Kier molecular flexibility index (Phi) is 4.72. The Hall–Kier alpha value is -1.56. The number of amides is 1. The van der Waals surface area contributed by atoms with Gasteiger partial charge in [0.1, 0.15) is 0 Å². The number of sulfonamides is 1. The highest BCUT2D eigenvalue weighted by Crippen LogP contribution is 2.17. The summed E-state index contributed by atoms with van der Waals surface area (Å²) in [5.74, 6) is 0. The van der Waals surface area contributed by atoms with Crippen LogP contribution in [0.4, 0.5) is 4.79 Å². The van der Waals surface area contributed by atoms with Crippen molar-refractivity contribution in [3.63, 3.8) is 0 Å². The fraction of sp³-hybridized carbons (Fsp3) is 0.417. The molecule has 1 rings (SSSR count). The van der Waals surface area contributed by atoms with Crippen molar-refractivity contribution in [2.75, 3.05) is 13.2 Å². The average molecular weight is 271 g/mol. The fourth-order valence-electron chi connectivity index (χ4n) is 1.43. The molecule has 0 radical (unpaired) electrons. The molecule has 0 aliphatic carbocycles. The van der Waals surface area contributed by atoms with Crippen LogP contribution in [0, 0.1) is 6.92 Å². The molecule has 100 valence electrons. The maximum atomic E-state index is 12.2. The Bertz CT molecular complexity index is 507. The van der Waals surface area contributed by atoms with E-state index < -0.39 is 16.1 Å². The second-order valence-corrected chi connectivity index (χ2v) is 5.54. The molecule has 0 atom stereocenters. The molecule has 0 saturated carbocycles. The van der Waals surface area contributed by atoms with Gasteiger partial charge in [0.2, 0.25) is 0 Å². The van der Waals surface area contributed by atoms with E-state index in [-0.39, 0.29) is 18.0 Å². The zero-order valence-corrected chi connectivity index (χ0v) is 11.5. The Balaban J connectivity index is 3.10. The highest BCUT2D eigenvalue weighted by atomic mass is 32.2.